The largest absolute Gasteiger partial charge is 0.369 e. The summed E-state index contributed by atoms with van der Waals surface area (Å²) in [5, 5.41) is 15.4. The maximum atomic E-state index is 13.5. The summed E-state index contributed by atoms with van der Waals surface area (Å²) >= 11 is 1.85. The molecule has 0 amide bonds. The summed E-state index contributed by atoms with van der Waals surface area (Å²) in [6.07, 6.45) is 5.36. The number of halogens is 2. The standard InChI is InChI=1S/C22H34FN7S.HI/c1-16-13-18(23)8-9-20(16)30-11-5-7-19(15-30)26-22(24-10-6-12-31-4)25-14-21-28-27-17(2)29(21)3;/h8-9,13,19H,5-7,10-12,14-15H2,1-4H3,(H2,24,25,26);1H. The number of benzene rings is 1. The second-order valence-electron chi connectivity index (χ2n) is 8.02. The third-order valence-corrected chi connectivity index (χ3v) is 6.34. The van der Waals surface area contributed by atoms with Crippen LogP contribution in [0.5, 0.6) is 0 Å². The van der Waals surface area contributed by atoms with Crippen LogP contribution < -0.4 is 15.5 Å². The van der Waals surface area contributed by atoms with Gasteiger partial charge in [0, 0.05) is 38.4 Å². The highest BCUT2D eigenvalue weighted by Gasteiger charge is 2.22. The van der Waals surface area contributed by atoms with Crippen molar-refractivity contribution in [1.82, 2.24) is 25.4 Å². The number of aryl methyl sites for hydroxylation is 2. The zero-order valence-electron chi connectivity index (χ0n) is 19.4. The number of guanidine groups is 1. The number of nitrogens with zero attached hydrogens (tertiary/aromatic N) is 5. The molecule has 178 valence electrons. The van der Waals surface area contributed by atoms with Gasteiger partial charge in [-0.2, -0.15) is 11.8 Å². The number of thioether (sulfide) groups is 1. The summed E-state index contributed by atoms with van der Waals surface area (Å²) in [5.41, 5.74) is 2.08. The molecule has 0 spiro atoms. The van der Waals surface area contributed by atoms with Crippen LogP contribution in [0.3, 0.4) is 0 Å². The van der Waals surface area contributed by atoms with E-state index in [1.54, 1.807) is 12.1 Å². The average Bonchev–Trinajstić information content (AvgIpc) is 3.07. The molecule has 1 aliphatic rings. The van der Waals surface area contributed by atoms with Gasteiger partial charge in [-0.3, -0.25) is 0 Å². The van der Waals surface area contributed by atoms with Crippen LogP contribution in [0.15, 0.2) is 23.2 Å². The normalized spacial score (nSPS) is 16.6. The fourth-order valence-electron chi connectivity index (χ4n) is 3.80. The summed E-state index contributed by atoms with van der Waals surface area (Å²) in [5.74, 6) is 3.46. The molecule has 1 unspecified atom stereocenters. The molecule has 10 heteroatoms. The van der Waals surface area contributed by atoms with Gasteiger partial charge in [0.25, 0.3) is 0 Å². The Bertz CT molecular complexity index is 889. The van der Waals surface area contributed by atoms with Gasteiger partial charge in [0.05, 0.1) is 0 Å². The van der Waals surface area contributed by atoms with Crippen molar-refractivity contribution in [3.8, 4) is 0 Å². The molecule has 0 saturated carbocycles. The molecule has 2 aromatic rings. The number of hydrogen-bond acceptors (Lipinski definition) is 5. The average molecular weight is 576 g/mol. The quantitative estimate of drug-likeness (QED) is 0.217. The van der Waals surface area contributed by atoms with Crippen molar-refractivity contribution in [3.63, 3.8) is 0 Å². The lowest BCUT2D eigenvalue weighted by Crippen LogP contribution is -2.51. The van der Waals surface area contributed by atoms with Crippen LogP contribution in [0.25, 0.3) is 0 Å². The predicted octanol–water partition coefficient (Wildman–Crippen LogP) is 3.65. The number of piperidine rings is 1. The summed E-state index contributed by atoms with van der Waals surface area (Å²) < 4.78 is 15.5. The minimum atomic E-state index is -0.184. The monoisotopic (exact) mass is 575 g/mol. The first kappa shape index (κ1) is 26.7. The van der Waals surface area contributed by atoms with Gasteiger partial charge in [0.2, 0.25) is 0 Å². The van der Waals surface area contributed by atoms with E-state index >= 15 is 0 Å². The van der Waals surface area contributed by atoms with E-state index in [0.717, 1.165) is 73.5 Å². The van der Waals surface area contributed by atoms with Gasteiger partial charge in [-0.1, -0.05) is 0 Å². The topological polar surface area (TPSA) is 70.4 Å². The summed E-state index contributed by atoms with van der Waals surface area (Å²) in [7, 11) is 1.96. The van der Waals surface area contributed by atoms with Gasteiger partial charge in [-0.05, 0) is 68.9 Å². The highest BCUT2D eigenvalue weighted by atomic mass is 127. The van der Waals surface area contributed by atoms with E-state index in [0.29, 0.717) is 6.54 Å². The number of anilines is 1. The van der Waals surface area contributed by atoms with E-state index in [4.69, 9.17) is 4.99 Å². The molecule has 1 fully saturated rings. The Hall–Kier alpha value is -1.56. The maximum absolute atomic E-state index is 13.5. The number of aromatic nitrogens is 3. The Labute approximate surface area is 212 Å². The first-order valence-electron chi connectivity index (χ1n) is 10.9. The maximum Gasteiger partial charge on any atom is 0.191 e. The Kier molecular flexibility index (Phi) is 11.0. The zero-order chi connectivity index (χ0) is 22.2. The molecule has 0 aliphatic carbocycles. The van der Waals surface area contributed by atoms with E-state index in [2.05, 4.69) is 32.0 Å². The lowest BCUT2D eigenvalue weighted by Gasteiger charge is -2.36. The van der Waals surface area contributed by atoms with Gasteiger partial charge < -0.3 is 20.1 Å². The zero-order valence-corrected chi connectivity index (χ0v) is 22.5. The highest BCUT2D eigenvalue weighted by Crippen LogP contribution is 2.24. The third kappa shape index (κ3) is 7.50. The minimum Gasteiger partial charge on any atom is -0.369 e. The molecule has 1 saturated heterocycles. The van der Waals surface area contributed by atoms with E-state index in [1.807, 2.05) is 43.3 Å². The van der Waals surface area contributed by atoms with E-state index in [1.165, 1.54) is 0 Å². The number of aliphatic imine (C=N–C) groups is 1. The minimum absolute atomic E-state index is 0. The van der Waals surface area contributed by atoms with Crippen molar-refractivity contribution in [3.05, 3.63) is 41.2 Å². The molecule has 1 aromatic heterocycles. The molecule has 0 bridgehead atoms. The van der Waals surface area contributed by atoms with Crippen molar-refractivity contribution in [1.29, 1.82) is 0 Å². The van der Waals surface area contributed by atoms with Crippen molar-refractivity contribution < 1.29 is 4.39 Å². The lowest BCUT2D eigenvalue weighted by molar-refractivity contribution is 0.467. The summed E-state index contributed by atoms with van der Waals surface area (Å²) in [4.78, 5) is 7.12. The fourth-order valence-corrected chi connectivity index (χ4v) is 4.23. The Morgan fingerprint density at radius 2 is 2.12 bits per heavy atom. The van der Waals surface area contributed by atoms with Crippen LogP contribution in [0.2, 0.25) is 0 Å². The molecule has 1 aromatic carbocycles. The van der Waals surface area contributed by atoms with E-state index < -0.39 is 0 Å². The molecule has 3 rings (SSSR count). The van der Waals surface area contributed by atoms with Gasteiger partial charge in [0.1, 0.15) is 18.2 Å². The molecule has 2 N–H and O–H groups in total. The van der Waals surface area contributed by atoms with Gasteiger partial charge in [-0.25, -0.2) is 9.38 Å². The smallest absolute Gasteiger partial charge is 0.191 e. The molecule has 1 aliphatic heterocycles. The van der Waals surface area contributed by atoms with E-state index in [9.17, 15) is 4.39 Å². The van der Waals surface area contributed by atoms with Crippen molar-refractivity contribution in [2.45, 2.75) is 45.7 Å². The summed E-state index contributed by atoms with van der Waals surface area (Å²) in [6, 6.07) is 5.31. The SMILES string of the molecule is CSCCCNC(=NCc1nnc(C)n1C)NC1CCCN(c2ccc(F)cc2C)C1.I. The van der Waals surface area contributed by atoms with Crippen molar-refractivity contribution in [2.24, 2.45) is 12.0 Å². The van der Waals surface area contributed by atoms with Crippen LogP contribution in [-0.4, -0.2) is 58.4 Å². The molecule has 0 radical (unpaired) electrons. The van der Waals surface area contributed by atoms with Crippen LogP contribution >= 0.6 is 35.7 Å². The number of rotatable bonds is 8. The number of nitrogens with one attached hydrogen (secondary N) is 2. The number of hydrogen-bond donors (Lipinski definition) is 2. The molecular formula is C22H35FIN7S. The first-order valence-corrected chi connectivity index (χ1v) is 12.3. The van der Waals surface area contributed by atoms with Crippen molar-refractivity contribution in [2.75, 3.05) is 36.5 Å². The van der Waals surface area contributed by atoms with Gasteiger partial charge in [0.15, 0.2) is 11.8 Å². The molecule has 1 atom stereocenters. The Balaban J connectivity index is 0.00000363. The van der Waals surface area contributed by atoms with Crippen molar-refractivity contribution >= 4 is 47.4 Å². The molecular weight excluding hydrogens is 540 g/mol. The third-order valence-electron chi connectivity index (χ3n) is 5.64. The summed E-state index contributed by atoms with van der Waals surface area (Å²) in [6.45, 7) is 7.10. The van der Waals surface area contributed by atoms with E-state index in [-0.39, 0.29) is 35.8 Å². The first-order chi connectivity index (χ1) is 15.0. The molecule has 2 heterocycles. The lowest BCUT2D eigenvalue weighted by atomic mass is 10.0. The predicted molar refractivity (Wildman–Crippen MR) is 143 cm³/mol. The van der Waals surface area contributed by atoms with Gasteiger partial charge in [-0.15, -0.1) is 34.2 Å². The fraction of sp³-hybridized carbons (Fsp3) is 0.591. The van der Waals surface area contributed by atoms with Crippen LogP contribution in [0.4, 0.5) is 10.1 Å². The highest BCUT2D eigenvalue weighted by molar-refractivity contribution is 14.0. The Morgan fingerprint density at radius 3 is 2.81 bits per heavy atom. The second-order valence-corrected chi connectivity index (χ2v) is 9.01. The second kappa shape index (κ2) is 13.2. The Morgan fingerprint density at radius 1 is 1.31 bits per heavy atom. The van der Waals surface area contributed by atoms with Crippen LogP contribution in [-0.2, 0) is 13.6 Å². The van der Waals surface area contributed by atoms with Crippen LogP contribution in [0.1, 0.15) is 36.5 Å². The molecule has 32 heavy (non-hydrogen) atoms. The van der Waals surface area contributed by atoms with Gasteiger partial charge >= 0.3 is 0 Å². The van der Waals surface area contributed by atoms with Crippen LogP contribution in [0, 0.1) is 19.7 Å². The molecule has 7 nitrogen and oxygen atoms in total.